The van der Waals surface area contributed by atoms with Crippen LogP contribution in [0.1, 0.15) is 32.3 Å². The number of nitrogens with zero attached hydrogens (tertiary/aromatic N) is 1. The molecule has 0 aliphatic heterocycles. The van der Waals surface area contributed by atoms with Gasteiger partial charge in [0.2, 0.25) is 0 Å². The summed E-state index contributed by atoms with van der Waals surface area (Å²) in [6.07, 6.45) is 4.41. The molecule has 0 aliphatic rings. The van der Waals surface area contributed by atoms with E-state index in [4.69, 9.17) is 11.0 Å². The minimum atomic E-state index is 0.267. The van der Waals surface area contributed by atoms with Crippen molar-refractivity contribution in [2.75, 3.05) is 23.9 Å². The lowest BCUT2D eigenvalue weighted by atomic mass is 10.0. The van der Waals surface area contributed by atoms with Crippen molar-refractivity contribution in [3.63, 3.8) is 0 Å². The van der Waals surface area contributed by atoms with Crippen LogP contribution in [-0.2, 0) is 0 Å². The third kappa shape index (κ3) is 3.33. The van der Waals surface area contributed by atoms with E-state index < -0.39 is 0 Å². The Hall–Kier alpha value is -1.34. The molecule has 1 aromatic rings. The average molecular weight is 263 g/mol. The SMILES string of the molecule is CCC(CC)(CNc1ccc(C#N)c(N)c1)SC. The Balaban J connectivity index is 2.75. The zero-order chi connectivity index (χ0) is 13.6. The number of nitriles is 1. The summed E-state index contributed by atoms with van der Waals surface area (Å²) in [4.78, 5) is 0. The van der Waals surface area contributed by atoms with Crippen molar-refractivity contribution in [3.05, 3.63) is 23.8 Å². The Bertz CT molecular complexity index is 425. The highest BCUT2D eigenvalue weighted by molar-refractivity contribution is 8.00. The van der Waals surface area contributed by atoms with E-state index in [1.54, 1.807) is 6.07 Å². The van der Waals surface area contributed by atoms with E-state index in [-0.39, 0.29) is 4.75 Å². The number of nitrogens with two attached hydrogens (primary N) is 1. The molecule has 3 nitrogen and oxygen atoms in total. The second-order valence-electron chi connectivity index (χ2n) is 4.36. The molecule has 0 aliphatic carbocycles. The lowest BCUT2D eigenvalue weighted by Gasteiger charge is -2.30. The Kier molecular flexibility index (Phi) is 5.36. The highest BCUT2D eigenvalue weighted by atomic mass is 32.2. The van der Waals surface area contributed by atoms with Crippen molar-refractivity contribution in [2.45, 2.75) is 31.4 Å². The van der Waals surface area contributed by atoms with Gasteiger partial charge in [-0.3, -0.25) is 0 Å². The zero-order valence-electron chi connectivity index (χ0n) is 11.3. The molecule has 0 unspecified atom stereocenters. The summed E-state index contributed by atoms with van der Waals surface area (Å²) in [6, 6.07) is 7.57. The predicted octanol–water partition coefficient (Wildman–Crippen LogP) is 3.47. The van der Waals surface area contributed by atoms with Crippen LogP contribution in [0.2, 0.25) is 0 Å². The first-order valence-corrected chi connectivity index (χ1v) is 7.42. The van der Waals surface area contributed by atoms with Gasteiger partial charge in [0.25, 0.3) is 0 Å². The van der Waals surface area contributed by atoms with Gasteiger partial charge in [0.15, 0.2) is 0 Å². The molecule has 0 saturated heterocycles. The van der Waals surface area contributed by atoms with Gasteiger partial charge >= 0.3 is 0 Å². The minimum Gasteiger partial charge on any atom is -0.398 e. The highest BCUT2D eigenvalue weighted by Crippen LogP contribution is 2.31. The van der Waals surface area contributed by atoms with Gasteiger partial charge in [-0.1, -0.05) is 13.8 Å². The lowest BCUT2D eigenvalue weighted by Crippen LogP contribution is -2.31. The van der Waals surface area contributed by atoms with E-state index in [0.717, 1.165) is 25.1 Å². The molecular formula is C14H21N3S. The molecule has 0 amide bonds. The smallest absolute Gasteiger partial charge is 0.101 e. The molecule has 0 bridgehead atoms. The highest BCUT2D eigenvalue weighted by Gasteiger charge is 2.24. The molecule has 98 valence electrons. The van der Waals surface area contributed by atoms with Crippen molar-refractivity contribution < 1.29 is 0 Å². The molecule has 0 spiro atoms. The largest absolute Gasteiger partial charge is 0.398 e. The number of anilines is 2. The molecular weight excluding hydrogens is 242 g/mol. The second-order valence-corrected chi connectivity index (χ2v) is 5.64. The van der Waals surface area contributed by atoms with Gasteiger partial charge in [-0.2, -0.15) is 17.0 Å². The van der Waals surface area contributed by atoms with Crippen LogP contribution in [0.4, 0.5) is 11.4 Å². The van der Waals surface area contributed by atoms with Crippen molar-refractivity contribution in [2.24, 2.45) is 0 Å². The Morgan fingerprint density at radius 3 is 2.50 bits per heavy atom. The number of nitrogen functional groups attached to an aromatic ring is 1. The summed E-state index contributed by atoms with van der Waals surface area (Å²) in [6.45, 7) is 5.34. The van der Waals surface area contributed by atoms with Crippen molar-refractivity contribution in [1.82, 2.24) is 0 Å². The third-order valence-electron chi connectivity index (χ3n) is 3.51. The van der Waals surface area contributed by atoms with E-state index in [2.05, 4.69) is 31.5 Å². The number of rotatable bonds is 6. The fourth-order valence-electron chi connectivity index (χ4n) is 1.90. The molecule has 1 aromatic carbocycles. The summed E-state index contributed by atoms with van der Waals surface area (Å²) in [5.41, 5.74) is 7.84. The first-order chi connectivity index (χ1) is 8.60. The first-order valence-electron chi connectivity index (χ1n) is 6.19. The van der Waals surface area contributed by atoms with Gasteiger partial charge in [0.1, 0.15) is 6.07 Å². The maximum Gasteiger partial charge on any atom is 0.101 e. The van der Waals surface area contributed by atoms with Gasteiger partial charge in [0, 0.05) is 17.0 Å². The van der Waals surface area contributed by atoms with Gasteiger partial charge < -0.3 is 11.1 Å². The van der Waals surface area contributed by atoms with Gasteiger partial charge in [-0.25, -0.2) is 0 Å². The molecule has 0 saturated carbocycles. The van der Waals surface area contributed by atoms with Crippen LogP contribution in [0.5, 0.6) is 0 Å². The summed E-state index contributed by atoms with van der Waals surface area (Å²) in [5, 5.41) is 12.2. The van der Waals surface area contributed by atoms with Crippen LogP contribution >= 0.6 is 11.8 Å². The van der Waals surface area contributed by atoms with Gasteiger partial charge in [-0.05, 0) is 37.3 Å². The van der Waals surface area contributed by atoms with Crippen molar-refractivity contribution in [1.29, 1.82) is 5.26 Å². The molecule has 3 N–H and O–H groups in total. The van der Waals surface area contributed by atoms with Crippen molar-refractivity contribution in [3.8, 4) is 6.07 Å². The average Bonchev–Trinajstić information content (AvgIpc) is 2.41. The molecule has 0 fully saturated rings. The summed E-state index contributed by atoms with van der Waals surface area (Å²) >= 11 is 1.90. The minimum absolute atomic E-state index is 0.267. The molecule has 0 heterocycles. The molecule has 0 aromatic heterocycles. The number of thioether (sulfide) groups is 1. The maximum absolute atomic E-state index is 8.83. The summed E-state index contributed by atoms with van der Waals surface area (Å²) in [7, 11) is 0. The van der Waals surface area contributed by atoms with Crippen LogP contribution in [0.3, 0.4) is 0 Å². The van der Waals surface area contributed by atoms with Gasteiger partial charge in [0.05, 0.1) is 11.3 Å². The lowest BCUT2D eigenvalue weighted by molar-refractivity contribution is 0.575. The Labute approximate surface area is 114 Å². The number of hydrogen-bond acceptors (Lipinski definition) is 4. The number of hydrogen-bond donors (Lipinski definition) is 2. The van der Waals surface area contributed by atoms with E-state index >= 15 is 0 Å². The second kappa shape index (κ2) is 6.55. The van der Waals surface area contributed by atoms with Crippen LogP contribution in [-0.4, -0.2) is 17.5 Å². The first kappa shape index (κ1) is 14.7. The Morgan fingerprint density at radius 1 is 1.39 bits per heavy atom. The van der Waals surface area contributed by atoms with Crippen LogP contribution < -0.4 is 11.1 Å². The molecule has 0 radical (unpaired) electrons. The van der Waals surface area contributed by atoms with Crippen LogP contribution in [0, 0.1) is 11.3 Å². The van der Waals surface area contributed by atoms with E-state index in [0.29, 0.717) is 11.3 Å². The molecule has 0 atom stereocenters. The number of nitrogens with one attached hydrogen (secondary N) is 1. The maximum atomic E-state index is 8.83. The van der Waals surface area contributed by atoms with E-state index in [1.165, 1.54) is 0 Å². The van der Waals surface area contributed by atoms with Crippen LogP contribution in [0.15, 0.2) is 18.2 Å². The summed E-state index contributed by atoms with van der Waals surface area (Å²) < 4.78 is 0.267. The fraction of sp³-hybridized carbons (Fsp3) is 0.500. The third-order valence-corrected chi connectivity index (χ3v) is 5.10. The molecule has 1 rings (SSSR count). The standard InChI is InChI=1S/C14H21N3S/c1-4-14(5-2,18-3)10-17-12-7-6-11(9-15)13(16)8-12/h6-8,17H,4-5,10,16H2,1-3H3. The van der Waals surface area contributed by atoms with E-state index in [1.807, 2.05) is 23.9 Å². The van der Waals surface area contributed by atoms with E-state index in [9.17, 15) is 0 Å². The van der Waals surface area contributed by atoms with Crippen molar-refractivity contribution >= 4 is 23.1 Å². The fourth-order valence-corrected chi connectivity index (χ4v) is 2.69. The summed E-state index contributed by atoms with van der Waals surface area (Å²) in [5.74, 6) is 0. The molecule has 18 heavy (non-hydrogen) atoms. The van der Waals surface area contributed by atoms with Gasteiger partial charge in [-0.15, -0.1) is 0 Å². The Morgan fingerprint density at radius 2 is 2.06 bits per heavy atom. The quantitative estimate of drug-likeness (QED) is 0.771. The topological polar surface area (TPSA) is 61.8 Å². The zero-order valence-corrected chi connectivity index (χ0v) is 12.1. The molecule has 4 heteroatoms. The van der Waals surface area contributed by atoms with Crippen LogP contribution in [0.25, 0.3) is 0 Å². The normalized spacial score (nSPS) is 11.0. The number of benzene rings is 1. The predicted molar refractivity (Wildman–Crippen MR) is 80.9 cm³/mol. The monoisotopic (exact) mass is 263 g/mol.